The lowest BCUT2D eigenvalue weighted by Crippen LogP contribution is -2.23. The number of carbonyl (C=O) groups excluding carboxylic acids is 1. The van der Waals surface area contributed by atoms with Crippen LogP contribution in [0.4, 0.5) is 0 Å². The molecule has 0 unspecified atom stereocenters. The van der Waals surface area contributed by atoms with Gasteiger partial charge in [-0.25, -0.2) is 0 Å². The van der Waals surface area contributed by atoms with Crippen molar-refractivity contribution in [3.8, 4) is 0 Å². The minimum atomic E-state index is 0.0233. The van der Waals surface area contributed by atoms with E-state index < -0.39 is 0 Å². The lowest BCUT2D eigenvalue weighted by atomic mass is 9.81. The highest BCUT2D eigenvalue weighted by atomic mass is 16.1. The van der Waals surface area contributed by atoms with Crippen molar-refractivity contribution in [3.63, 3.8) is 0 Å². The molecule has 15 heavy (non-hydrogen) atoms. The van der Waals surface area contributed by atoms with Crippen molar-refractivity contribution in [1.29, 1.82) is 0 Å². The summed E-state index contributed by atoms with van der Waals surface area (Å²) in [7, 11) is 1.67. The lowest BCUT2D eigenvalue weighted by Gasteiger charge is -2.24. The van der Waals surface area contributed by atoms with Gasteiger partial charge >= 0.3 is 0 Å². The van der Waals surface area contributed by atoms with Crippen LogP contribution < -0.4 is 5.32 Å². The Balaban J connectivity index is 2.63. The number of hydrogen-bond acceptors (Lipinski definition) is 2. The normalized spacial score (nSPS) is 11.1. The largest absolute Gasteiger partial charge is 0.359 e. The van der Waals surface area contributed by atoms with E-state index in [1.54, 1.807) is 19.4 Å². The number of nitrogens with zero attached hydrogens (tertiary/aromatic N) is 1. The van der Waals surface area contributed by atoms with Gasteiger partial charge in [0.25, 0.3) is 0 Å². The highest BCUT2D eigenvalue weighted by molar-refractivity contribution is 5.75. The first kappa shape index (κ1) is 11.7. The molecule has 1 aromatic rings. The molecule has 0 fully saturated rings. The van der Waals surface area contributed by atoms with E-state index in [0.29, 0.717) is 6.42 Å². The molecule has 1 heterocycles. The number of amides is 1. The van der Waals surface area contributed by atoms with Crippen LogP contribution in [-0.4, -0.2) is 17.9 Å². The molecule has 0 bridgehead atoms. The number of pyridine rings is 1. The van der Waals surface area contributed by atoms with Crippen LogP contribution in [0.15, 0.2) is 24.5 Å². The molecule has 0 aliphatic carbocycles. The second-order valence-corrected chi connectivity index (χ2v) is 4.29. The van der Waals surface area contributed by atoms with Crippen molar-refractivity contribution < 1.29 is 4.79 Å². The van der Waals surface area contributed by atoms with Crippen LogP contribution in [0.3, 0.4) is 0 Å². The van der Waals surface area contributed by atoms with E-state index >= 15 is 0 Å². The first-order valence-corrected chi connectivity index (χ1v) is 5.17. The third-order valence-corrected chi connectivity index (χ3v) is 2.72. The first-order chi connectivity index (χ1) is 7.06. The minimum absolute atomic E-state index is 0.0233. The fourth-order valence-corrected chi connectivity index (χ4v) is 1.50. The monoisotopic (exact) mass is 206 g/mol. The summed E-state index contributed by atoms with van der Waals surface area (Å²) >= 11 is 0. The molecule has 3 heteroatoms. The number of rotatable bonds is 4. The molecule has 0 aromatic carbocycles. The molecular formula is C12H18N2O. The molecule has 0 saturated heterocycles. The predicted molar refractivity (Wildman–Crippen MR) is 60.6 cm³/mol. The summed E-state index contributed by atoms with van der Waals surface area (Å²) < 4.78 is 0. The molecule has 1 rings (SSSR count). The van der Waals surface area contributed by atoms with Gasteiger partial charge in [-0.1, -0.05) is 13.8 Å². The van der Waals surface area contributed by atoms with E-state index in [4.69, 9.17) is 0 Å². The van der Waals surface area contributed by atoms with E-state index in [1.165, 1.54) is 5.56 Å². The van der Waals surface area contributed by atoms with Crippen LogP contribution in [0.1, 0.15) is 32.3 Å². The van der Waals surface area contributed by atoms with Crippen LogP contribution >= 0.6 is 0 Å². The Kier molecular flexibility index (Phi) is 3.83. The summed E-state index contributed by atoms with van der Waals surface area (Å²) in [5, 5.41) is 2.64. The molecule has 0 aliphatic heterocycles. The second kappa shape index (κ2) is 4.91. The molecule has 3 nitrogen and oxygen atoms in total. The highest BCUT2D eigenvalue weighted by Crippen LogP contribution is 2.27. The maximum absolute atomic E-state index is 11.2. The summed E-state index contributed by atoms with van der Waals surface area (Å²) in [4.78, 5) is 15.2. The molecule has 0 aliphatic rings. The Morgan fingerprint density at radius 2 is 2.00 bits per heavy atom. The Hall–Kier alpha value is -1.38. The van der Waals surface area contributed by atoms with Crippen LogP contribution in [0.2, 0.25) is 0 Å². The molecule has 0 saturated carbocycles. The SMILES string of the molecule is CNC(=O)CCC(C)(C)c1ccncc1. The topological polar surface area (TPSA) is 42.0 Å². The van der Waals surface area contributed by atoms with E-state index in [1.807, 2.05) is 12.1 Å². The van der Waals surface area contributed by atoms with Crippen LogP contribution in [0.25, 0.3) is 0 Å². The number of hydrogen-bond donors (Lipinski definition) is 1. The smallest absolute Gasteiger partial charge is 0.219 e. The van der Waals surface area contributed by atoms with Crippen LogP contribution in [0, 0.1) is 0 Å². The van der Waals surface area contributed by atoms with E-state index in [-0.39, 0.29) is 11.3 Å². The predicted octanol–water partition coefficient (Wildman–Crippen LogP) is 1.89. The van der Waals surface area contributed by atoms with E-state index in [0.717, 1.165) is 6.42 Å². The van der Waals surface area contributed by atoms with Crippen molar-refractivity contribution in [2.75, 3.05) is 7.05 Å². The summed E-state index contributed by atoms with van der Waals surface area (Å²) in [6.07, 6.45) is 4.98. The van der Waals surface area contributed by atoms with Gasteiger partial charge in [-0.3, -0.25) is 9.78 Å². The third-order valence-electron chi connectivity index (χ3n) is 2.72. The summed E-state index contributed by atoms with van der Waals surface area (Å²) in [6, 6.07) is 4.01. The van der Waals surface area contributed by atoms with Crippen molar-refractivity contribution in [2.24, 2.45) is 0 Å². The summed E-state index contributed by atoms with van der Waals surface area (Å²) in [6.45, 7) is 4.29. The van der Waals surface area contributed by atoms with Gasteiger partial charge in [0.15, 0.2) is 0 Å². The lowest BCUT2D eigenvalue weighted by molar-refractivity contribution is -0.120. The van der Waals surface area contributed by atoms with Gasteiger partial charge in [-0.05, 0) is 29.5 Å². The van der Waals surface area contributed by atoms with Gasteiger partial charge in [0, 0.05) is 25.9 Å². The van der Waals surface area contributed by atoms with Gasteiger partial charge in [0.2, 0.25) is 5.91 Å². The molecule has 0 spiro atoms. The summed E-state index contributed by atoms with van der Waals surface area (Å²) in [5.74, 6) is 0.0946. The van der Waals surface area contributed by atoms with Crippen molar-refractivity contribution in [2.45, 2.75) is 32.1 Å². The van der Waals surface area contributed by atoms with E-state index in [2.05, 4.69) is 24.1 Å². The molecule has 1 amide bonds. The Bertz CT molecular complexity index is 320. The molecule has 0 radical (unpaired) electrons. The van der Waals surface area contributed by atoms with Crippen molar-refractivity contribution in [1.82, 2.24) is 10.3 Å². The highest BCUT2D eigenvalue weighted by Gasteiger charge is 2.20. The quantitative estimate of drug-likeness (QED) is 0.817. The molecular weight excluding hydrogens is 188 g/mol. The number of aromatic nitrogens is 1. The van der Waals surface area contributed by atoms with Gasteiger partial charge in [-0.15, -0.1) is 0 Å². The Labute approximate surface area is 90.9 Å². The molecule has 1 N–H and O–H groups in total. The molecule has 0 atom stereocenters. The van der Waals surface area contributed by atoms with Gasteiger partial charge in [0.05, 0.1) is 0 Å². The number of nitrogens with one attached hydrogen (secondary N) is 1. The average Bonchev–Trinajstić information content (AvgIpc) is 2.27. The summed E-state index contributed by atoms with van der Waals surface area (Å²) in [5.41, 5.74) is 1.25. The zero-order valence-electron chi connectivity index (χ0n) is 9.58. The van der Waals surface area contributed by atoms with Crippen LogP contribution in [0.5, 0.6) is 0 Å². The fourth-order valence-electron chi connectivity index (χ4n) is 1.50. The van der Waals surface area contributed by atoms with Crippen LogP contribution in [-0.2, 0) is 10.2 Å². The Morgan fingerprint density at radius 3 is 2.53 bits per heavy atom. The standard InChI is InChI=1S/C12H18N2O/c1-12(2,7-4-11(15)13-3)10-5-8-14-9-6-10/h5-6,8-9H,4,7H2,1-3H3,(H,13,15). The first-order valence-electron chi connectivity index (χ1n) is 5.17. The maximum atomic E-state index is 11.2. The van der Waals surface area contributed by atoms with Gasteiger partial charge in [-0.2, -0.15) is 0 Å². The van der Waals surface area contributed by atoms with Gasteiger partial charge < -0.3 is 5.32 Å². The molecule has 1 aromatic heterocycles. The number of carbonyl (C=O) groups is 1. The van der Waals surface area contributed by atoms with E-state index in [9.17, 15) is 4.79 Å². The zero-order chi connectivity index (χ0) is 11.3. The maximum Gasteiger partial charge on any atom is 0.219 e. The Morgan fingerprint density at radius 1 is 1.40 bits per heavy atom. The second-order valence-electron chi connectivity index (χ2n) is 4.29. The third kappa shape index (κ3) is 3.35. The fraction of sp³-hybridized carbons (Fsp3) is 0.500. The van der Waals surface area contributed by atoms with Crippen molar-refractivity contribution in [3.05, 3.63) is 30.1 Å². The van der Waals surface area contributed by atoms with Gasteiger partial charge in [0.1, 0.15) is 0 Å². The average molecular weight is 206 g/mol. The molecule has 82 valence electrons. The minimum Gasteiger partial charge on any atom is -0.359 e. The van der Waals surface area contributed by atoms with Crippen molar-refractivity contribution >= 4 is 5.91 Å². The zero-order valence-corrected chi connectivity index (χ0v) is 9.58.